The van der Waals surface area contributed by atoms with E-state index in [1.54, 1.807) is 18.2 Å². The first-order valence-corrected chi connectivity index (χ1v) is 6.00. The molecule has 0 radical (unpaired) electrons. The van der Waals surface area contributed by atoms with Crippen LogP contribution in [0.5, 0.6) is 0 Å². The standard InChI is InChI=1S/C13H14N2O3/c1-18-13(17)8-4-5-9-10(7-8)14-11-3-2-6-15(11)12(9)16/h4-5,7,11,14H,2-3,6H2,1H3. The number of carbonyl (C=O) groups excluding carboxylic acids is 2. The molecule has 5 heteroatoms. The highest BCUT2D eigenvalue weighted by Crippen LogP contribution is 2.31. The molecule has 0 aromatic heterocycles. The van der Waals surface area contributed by atoms with E-state index in [1.165, 1.54) is 7.11 Å². The molecule has 0 bridgehead atoms. The zero-order valence-corrected chi connectivity index (χ0v) is 10.1. The summed E-state index contributed by atoms with van der Waals surface area (Å²) in [5, 5.41) is 3.31. The minimum atomic E-state index is -0.388. The van der Waals surface area contributed by atoms with Crippen LogP contribution in [0.1, 0.15) is 33.6 Å². The average molecular weight is 246 g/mol. The van der Waals surface area contributed by atoms with E-state index >= 15 is 0 Å². The Labute approximate surface area is 105 Å². The van der Waals surface area contributed by atoms with Crippen molar-refractivity contribution in [3.8, 4) is 0 Å². The van der Waals surface area contributed by atoms with Crippen LogP contribution in [0.15, 0.2) is 18.2 Å². The lowest BCUT2D eigenvalue weighted by atomic mass is 10.0. The molecule has 5 nitrogen and oxygen atoms in total. The molecule has 18 heavy (non-hydrogen) atoms. The summed E-state index contributed by atoms with van der Waals surface area (Å²) in [4.78, 5) is 25.5. The summed E-state index contributed by atoms with van der Waals surface area (Å²) in [5.41, 5.74) is 1.81. The molecule has 1 saturated heterocycles. The lowest BCUT2D eigenvalue weighted by Crippen LogP contribution is -2.44. The second-order valence-electron chi connectivity index (χ2n) is 4.55. The number of methoxy groups -OCH3 is 1. The monoisotopic (exact) mass is 246 g/mol. The van der Waals surface area contributed by atoms with Gasteiger partial charge in [0.05, 0.1) is 18.2 Å². The van der Waals surface area contributed by atoms with Crippen LogP contribution in [0.2, 0.25) is 0 Å². The smallest absolute Gasteiger partial charge is 0.337 e. The fourth-order valence-corrected chi connectivity index (χ4v) is 2.59. The number of nitrogens with one attached hydrogen (secondary N) is 1. The maximum absolute atomic E-state index is 12.2. The van der Waals surface area contributed by atoms with Crippen molar-refractivity contribution < 1.29 is 14.3 Å². The Bertz CT molecular complexity index is 527. The Morgan fingerprint density at radius 2 is 2.33 bits per heavy atom. The van der Waals surface area contributed by atoms with Crippen molar-refractivity contribution in [3.63, 3.8) is 0 Å². The molecule has 2 aliphatic heterocycles. The van der Waals surface area contributed by atoms with Crippen molar-refractivity contribution in [2.24, 2.45) is 0 Å². The van der Waals surface area contributed by atoms with Gasteiger partial charge in [-0.1, -0.05) is 0 Å². The quantitative estimate of drug-likeness (QED) is 0.762. The van der Waals surface area contributed by atoms with E-state index in [9.17, 15) is 9.59 Å². The van der Waals surface area contributed by atoms with Gasteiger partial charge in [0.1, 0.15) is 6.17 Å². The summed E-state index contributed by atoms with van der Waals surface area (Å²) in [7, 11) is 1.35. The molecule has 2 aliphatic rings. The first-order chi connectivity index (χ1) is 8.70. The Kier molecular flexibility index (Phi) is 2.47. The number of amides is 1. The first-order valence-electron chi connectivity index (χ1n) is 6.00. The number of hydrogen-bond acceptors (Lipinski definition) is 4. The van der Waals surface area contributed by atoms with Crippen LogP contribution < -0.4 is 5.32 Å². The van der Waals surface area contributed by atoms with E-state index in [2.05, 4.69) is 10.1 Å². The summed E-state index contributed by atoms with van der Waals surface area (Å²) >= 11 is 0. The number of anilines is 1. The minimum absolute atomic E-state index is 0.0441. The van der Waals surface area contributed by atoms with Gasteiger partial charge >= 0.3 is 5.97 Å². The maximum Gasteiger partial charge on any atom is 0.337 e. The van der Waals surface area contributed by atoms with Crippen molar-refractivity contribution in [2.75, 3.05) is 19.0 Å². The highest BCUT2D eigenvalue weighted by molar-refractivity contribution is 6.03. The minimum Gasteiger partial charge on any atom is -0.465 e. The van der Waals surface area contributed by atoms with Crippen LogP contribution in [0.3, 0.4) is 0 Å². The second-order valence-corrected chi connectivity index (χ2v) is 4.55. The van der Waals surface area contributed by atoms with Crippen molar-refractivity contribution in [1.82, 2.24) is 4.90 Å². The number of ether oxygens (including phenoxy) is 1. The predicted octanol–water partition coefficient (Wildman–Crippen LogP) is 1.46. The van der Waals surface area contributed by atoms with Gasteiger partial charge in [-0.05, 0) is 31.0 Å². The van der Waals surface area contributed by atoms with Crippen molar-refractivity contribution >= 4 is 17.6 Å². The van der Waals surface area contributed by atoms with Crippen LogP contribution in [0.25, 0.3) is 0 Å². The summed E-state index contributed by atoms with van der Waals surface area (Å²) in [6.45, 7) is 0.800. The van der Waals surface area contributed by atoms with E-state index in [0.29, 0.717) is 11.1 Å². The fraction of sp³-hybridized carbons (Fsp3) is 0.385. The van der Waals surface area contributed by atoms with Gasteiger partial charge in [-0.2, -0.15) is 0 Å². The highest BCUT2D eigenvalue weighted by Gasteiger charge is 2.35. The second kappa shape index (κ2) is 4.01. The molecule has 1 amide bonds. The number of fused-ring (bicyclic) bond motifs is 2. The van der Waals surface area contributed by atoms with Gasteiger partial charge in [0, 0.05) is 12.2 Å². The number of hydrogen-bond donors (Lipinski definition) is 1. The number of benzene rings is 1. The van der Waals surface area contributed by atoms with E-state index in [1.807, 2.05) is 4.90 Å². The van der Waals surface area contributed by atoms with E-state index < -0.39 is 0 Å². The van der Waals surface area contributed by atoms with Gasteiger partial charge in [0.25, 0.3) is 5.91 Å². The number of esters is 1. The number of carbonyl (C=O) groups is 2. The molecule has 1 aromatic carbocycles. The normalized spacial score (nSPS) is 21.1. The summed E-state index contributed by atoms with van der Waals surface area (Å²) in [5.74, 6) is -0.344. The largest absolute Gasteiger partial charge is 0.465 e. The predicted molar refractivity (Wildman–Crippen MR) is 65.5 cm³/mol. The number of rotatable bonds is 1. The summed E-state index contributed by atoms with van der Waals surface area (Å²) < 4.78 is 4.68. The SMILES string of the molecule is COC(=O)c1ccc2c(c1)NC1CCCN1C2=O. The van der Waals surface area contributed by atoms with Gasteiger partial charge < -0.3 is 15.0 Å². The first kappa shape index (κ1) is 11.1. The van der Waals surface area contributed by atoms with E-state index in [-0.39, 0.29) is 18.0 Å². The zero-order chi connectivity index (χ0) is 12.7. The van der Waals surface area contributed by atoms with Crippen LogP contribution in [-0.4, -0.2) is 36.6 Å². The fourth-order valence-electron chi connectivity index (χ4n) is 2.59. The molecule has 2 heterocycles. The average Bonchev–Trinajstić information content (AvgIpc) is 2.86. The molecule has 1 fully saturated rings. The molecule has 0 aliphatic carbocycles. The molecule has 1 atom stereocenters. The molecular formula is C13H14N2O3. The Hall–Kier alpha value is -2.04. The lowest BCUT2D eigenvalue weighted by Gasteiger charge is -2.32. The molecular weight excluding hydrogens is 232 g/mol. The maximum atomic E-state index is 12.2. The topological polar surface area (TPSA) is 58.6 Å². The Morgan fingerprint density at radius 3 is 3.11 bits per heavy atom. The highest BCUT2D eigenvalue weighted by atomic mass is 16.5. The molecule has 1 N–H and O–H groups in total. The molecule has 1 unspecified atom stereocenters. The molecule has 3 rings (SSSR count). The Balaban J connectivity index is 2.00. The third-order valence-corrected chi connectivity index (χ3v) is 3.51. The lowest BCUT2D eigenvalue weighted by molar-refractivity contribution is 0.0599. The van der Waals surface area contributed by atoms with Crippen molar-refractivity contribution in [3.05, 3.63) is 29.3 Å². The summed E-state index contributed by atoms with van der Waals surface area (Å²) in [6.07, 6.45) is 2.03. The van der Waals surface area contributed by atoms with Gasteiger partial charge in [-0.15, -0.1) is 0 Å². The van der Waals surface area contributed by atoms with Crippen molar-refractivity contribution in [2.45, 2.75) is 19.0 Å². The van der Waals surface area contributed by atoms with Crippen LogP contribution in [0, 0.1) is 0 Å². The zero-order valence-electron chi connectivity index (χ0n) is 10.1. The van der Waals surface area contributed by atoms with Crippen LogP contribution in [0.4, 0.5) is 5.69 Å². The Morgan fingerprint density at radius 1 is 1.50 bits per heavy atom. The van der Waals surface area contributed by atoms with Gasteiger partial charge in [-0.3, -0.25) is 4.79 Å². The molecule has 0 saturated carbocycles. The van der Waals surface area contributed by atoms with E-state index in [4.69, 9.17) is 0 Å². The van der Waals surface area contributed by atoms with E-state index in [0.717, 1.165) is 25.1 Å². The molecule has 0 spiro atoms. The van der Waals surface area contributed by atoms with Gasteiger partial charge in [0.15, 0.2) is 0 Å². The third-order valence-electron chi connectivity index (χ3n) is 3.51. The van der Waals surface area contributed by atoms with Crippen LogP contribution >= 0.6 is 0 Å². The molecule has 1 aromatic rings. The number of nitrogens with zero attached hydrogens (tertiary/aromatic N) is 1. The summed E-state index contributed by atoms with van der Waals surface area (Å²) in [6, 6.07) is 5.00. The molecule has 94 valence electrons. The third kappa shape index (κ3) is 1.54. The van der Waals surface area contributed by atoms with Gasteiger partial charge in [0.2, 0.25) is 0 Å². The van der Waals surface area contributed by atoms with Crippen molar-refractivity contribution in [1.29, 1.82) is 0 Å². The van der Waals surface area contributed by atoms with Crippen LogP contribution in [-0.2, 0) is 4.74 Å². The van der Waals surface area contributed by atoms with Gasteiger partial charge in [-0.25, -0.2) is 4.79 Å².